The maximum Gasteiger partial charge on any atom is 0.318 e. The lowest BCUT2D eigenvalue weighted by Gasteiger charge is -2.41. The average Bonchev–Trinajstić information content (AvgIpc) is 3.15. The molecule has 3 heterocycles. The van der Waals surface area contributed by atoms with Gasteiger partial charge in [0.15, 0.2) is 5.82 Å². The highest BCUT2D eigenvalue weighted by atomic mass is 16.2. The summed E-state index contributed by atoms with van der Waals surface area (Å²) < 4.78 is 1.70. The summed E-state index contributed by atoms with van der Waals surface area (Å²) in [5.41, 5.74) is 2.18. The Morgan fingerprint density at radius 1 is 1.16 bits per heavy atom. The molecule has 25 heavy (non-hydrogen) atoms. The van der Waals surface area contributed by atoms with E-state index in [1.165, 1.54) is 5.56 Å². The number of pyridine rings is 1. The van der Waals surface area contributed by atoms with Crippen LogP contribution in [0.25, 0.3) is 5.82 Å². The summed E-state index contributed by atoms with van der Waals surface area (Å²) in [5, 5.41) is 7.18. The smallest absolute Gasteiger partial charge is 0.318 e. The summed E-state index contributed by atoms with van der Waals surface area (Å²) in [6.07, 6.45) is 6.30. The van der Waals surface area contributed by atoms with Crippen molar-refractivity contribution < 1.29 is 4.79 Å². The summed E-state index contributed by atoms with van der Waals surface area (Å²) in [6, 6.07) is 16.0. The number of urea groups is 1. The van der Waals surface area contributed by atoms with Gasteiger partial charge in [0.25, 0.3) is 0 Å². The number of carbonyl (C=O) groups is 1. The van der Waals surface area contributed by atoms with Crippen LogP contribution in [0, 0.1) is 0 Å². The standard InChI is InChI=1S/C19H19N5O/c25-19(23-12-8-17(23)16-5-2-1-3-6-16)21-14-15-7-10-20-18(13-15)24-11-4-9-22-24/h1-7,9-11,13,17H,8,12,14H2,(H,21,25). The molecule has 1 atom stereocenters. The fourth-order valence-corrected chi connectivity index (χ4v) is 3.03. The maximum absolute atomic E-state index is 12.5. The minimum Gasteiger partial charge on any atom is -0.334 e. The molecule has 1 N–H and O–H groups in total. The largest absolute Gasteiger partial charge is 0.334 e. The number of likely N-dealkylation sites (tertiary alicyclic amines) is 1. The molecule has 1 saturated heterocycles. The van der Waals surface area contributed by atoms with Crippen LogP contribution in [0.3, 0.4) is 0 Å². The van der Waals surface area contributed by atoms with E-state index >= 15 is 0 Å². The van der Waals surface area contributed by atoms with E-state index in [2.05, 4.69) is 27.5 Å². The van der Waals surface area contributed by atoms with Gasteiger partial charge in [-0.15, -0.1) is 0 Å². The maximum atomic E-state index is 12.5. The first kappa shape index (κ1) is 15.4. The zero-order valence-electron chi connectivity index (χ0n) is 13.7. The summed E-state index contributed by atoms with van der Waals surface area (Å²) in [4.78, 5) is 18.7. The highest BCUT2D eigenvalue weighted by Gasteiger charge is 2.32. The van der Waals surface area contributed by atoms with Crippen molar-refractivity contribution >= 4 is 6.03 Å². The highest BCUT2D eigenvalue weighted by Crippen LogP contribution is 2.32. The lowest BCUT2D eigenvalue weighted by atomic mass is 9.95. The Hall–Kier alpha value is -3.15. The Labute approximate surface area is 146 Å². The third-order valence-electron chi connectivity index (χ3n) is 4.46. The van der Waals surface area contributed by atoms with Crippen LogP contribution >= 0.6 is 0 Å². The van der Waals surface area contributed by atoms with Gasteiger partial charge in [-0.05, 0) is 35.7 Å². The van der Waals surface area contributed by atoms with E-state index in [0.29, 0.717) is 6.54 Å². The van der Waals surface area contributed by atoms with E-state index in [-0.39, 0.29) is 12.1 Å². The Balaban J connectivity index is 1.39. The monoisotopic (exact) mass is 333 g/mol. The fraction of sp³-hybridized carbons (Fsp3) is 0.211. The second-order valence-corrected chi connectivity index (χ2v) is 6.04. The van der Waals surface area contributed by atoms with E-state index in [1.54, 1.807) is 17.1 Å². The average molecular weight is 333 g/mol. The Morgan fingerprint density at radius 2 is 2.04 bits per heavy atom. The first-order valence-corrected chi connectivity index (χ1v) is 8.35. The van der Waals surface area contributed by atoms with Crippen LogP contribution in [0.5, 0.6) is 0 Å². The molecule has 1 aromatic carbocycles. The lowest BCUT2D eigenvalue weighted by Crippen LogP contribution is -2.49. The van der Waals surface area contributed by atoms with Crippen LogP contribution in [0.1, 0.15) is 23.6 Å². The normalized spacial score (nSPS) is 16.3. The van der Waals surface area contributed by atoms with Gasteiger partial charge in [-0.3, -0.25) is 0 Å². The molecule has 0 saturated carbocycles. The number of hydrogen-bond donors (Lipinski definition) is 1. The van der Waals surface area contributed by atoms with Crippen LogP contribution in [-0.4, -0.2) is 32.2 Å². The molecule has 1 fully saturated rings. The number of nitrogens with one attached hydrogen (secondary N) is 1. The van der Waals surface area contributed by atoms with Crippen molar-refractivity contribution in [1.29, 1.82) is 0 Å². The van der Waals surface area contributed by atoms with Gasteiger partial charge < -0.3 is 10.2 Å². The van der Waals surface area contributed by atoms with Gasteiger partial charge in [-0.2, -0.15) is 5.10 Å². The second-order valence-electron chi connectivity index (χ2n) is 6.04. The van der Waals surface area contributed by atoms with Crippen LogP contribution < -0.4 is 5.32 Å². The van der Waals surface area contributed by atoms with Crippen molar-refractivity contribution in [2.45, 2.75) is 19.0 Å². The molecular weight excluding hydrogens is 314 g/mol. The zero-order chi connectivity index (χ0) is 17.1. The van der Waals surface area contributed by atoms with Gasteiger partial charge >= 0.3 is 6.03 Å². The molecule has 1 aliphatic rings. The fourth-order valence-electron chi connectivity index (χ4n) is 3.03. The van der Waals surface area contributed by atoms with Gasteiger partial charge in [-0.25, -0.2) is 14.5 Å². The Kier molecular flexibility index (Phi) is 4.16. The third-order valence-corrected chi connectivity index (χ3v) is 4.46. The Morgan fingerprint density at radius 3 is 2.76 bits per heavy atom. The molecule has 1 aliphatic heterocycles. The van der Waals surface area contributed by atoms with Crippen LogP contribution in [0.15, 0.2) is 67.1 Å². The molecule has 0 bridgehead atoms. The van der Waals surface area contributed by atoms with Gasteiger partial charge in [0.05, 0.1) is 6.04 Å². The SMILES string of the molecule is O=C(NCc1ccnc(-n2cccn2)c1)N1CCC1c1ccccc1. The van der Waals surface area contributed by atoms with Crippen LogP contribution in [-0.2, 0) is 6.54 Å². The topological polar surface area (TPSA) is 63.1 Å². The molecule has 6 heteroatoms. The minimum absolute atomic E-state index is 0.0300. The molecule has 2 amide bonds. The number of hydrogen-bond acceptors (Lipinski definition) is 3. The van der Waals surface area contributed by atoms with Crippen LogP contribution in [0.2, 0.25) is 0 Å². The third kappa shape index (κ3) is 3.24. The lowest BCUT2D eigenvalue weighted by molar-refractivity contribution is 0.115. The van der Waals surface area contributed by atoms with Crippen molar-refractivity contribution in [2.75, 3.05) is 6.54 Å². The predicted octanol–water partition coefficient (Wildman–Crippen LogP) is 2.92. The highest BCUT2D eigenvalue weighted by molar-refractivity contribution is 5.75. The van der Waals surface area contributed by atoms with Gasteiger partial charge in [-0.1, -0.05) is 30.3 Å². The number of benzene rings is 1. The molecule has 0 radical (unpaired) electrons. The molecule has 2 aromatic heterocycles. The van der Waals surface area contributed by atoms with Crippen molar-refractivity contribution in [3.8, 4) is 5.82 Å². The van der Waals surface area contributed by atoms with Crippen LogP contribution in [0.4, 0.5) is 4.79 Å². The molecule has 0 spiro atoms. The molecule has 6 nitrogen and oxygen atoms in total. The number of aromatic nitrogens is 3. The van der Waals surface area contributed by atoms with E-state index in [9.17, 15) is 4.79 Å². The first-order valence-electron chi connectivity index (χ1n) is 8.35. The first-order chi connectivity index (χ1) is 12.3. The van der Waals surface area contributed by atoms with Gasteiger partial charge in [0, 0.05) is 31.7 Å². The predicted molar refractivity (Wildman–Crippen MR) is 94.1 cm³/mol. The Bertz CT molecular complexity index is 847. The molecular formula is C19H19N5O. The second kappa shape index (κ2) is 6.76. The minimum atomic E-state index is -0.0300. The summed E-state index contributed by atoms with van der Waals surface area (Å²) in [7, 11) is 0. The van der Waals surface area contributed by atoms with E-state index < -0.39 is 0 Å². The quantitative estimate of drug-likeness (QED) is 0.798. The number of carbonyl (C=O) groups excluding carboxylic acids is 1. The van der Waals surface area contributed by atoms with Gasteiger partial charge in [0.1, 0.15) is 0 Å². The van der Waals surface area contributed by atoms with E-state index in [1.807, 2.05) is 47.5 Å². The van der Waals surface area contributed by atoms with E-state index in [0.717, 1.165) is 24.3 Å². The van der Waals surface area contributed by atoms with Crippen molar-refractivity contribution in [1.82, 2.24) is 25.0 Å². The van der Waals surface area contributed by atoms with Crippen molar-refractivity contribution in [3.63, 3.8) is 0 Å². The molecule has 4 rings (SSSR count). The summed E-state index contributed by atoms with van der Waals surface area (Å²) >= 11 is 0. The molecule has 0 aliphatic carbocycles. The summed E-state index contributed by atoms with van der Waals surface area (Å²) in [6.45, 7) is 1.26. The number of rotatable bonds is 4. The van der Waals surface area contributed by atoms with E-state index in [4.69, 9.17) is 0 Å². The molecule has 3 aromatic rings. The molecule has 126 valence electrons. The van der Waals surface area contributed by atoms with Gasteiger partial charge in [0.2, 0.25) is 0 Å². The van der Waals surface area contributed by atoms with Crippen molar-refractivity contribution in [3.05, 3.63) is 78.2 Å². The molecule has 1 unspecified atom stereocenters. The summed E-state index contributed by atoms with van der Waals surface area (Å²) in [5.74, 6) is 0.739. The number of nitrogens with zero attached hydrogens (tertiary/aromatic N) is 4. The zero-order valence-corrected chi connectivity index (χ0v) is 13.7. The number of amides is 2. The van der Waals surface area contributed by atoms with Crippen molar-refractivity contribution in [2.24, 2.45) is 0 Å².